The topological polar surface area (TPSA) is 16.1 Å². The lowest BCUT2D eigenvalue weighted by atomic mass is 10.0. The van der Waals surface area contributed by atoms with Gasteiger partial charge in [0.2, 0.25) is 0 Å². The molecule has 0 aliphatic carbocycles. The van der Waals surface area contributed by atoms with Crippen molar-refractivity contribution in [3.8, 4) is 0 Å². The number of rotatable bonds is 5. The molecule has 0 radical (unpaired) electrons. The summed E-state index contributed by atoms with van der Waals surface area (Å²) in [5.41, 5.74) is 5.07. The van der Waals surface area contributed by atoms with E-state index in [1.807, 2.05) is 0 Å². The molecule has 0 aliphatic heterocycles. The second kappa shape index (κ2) is 6.82. The molecule has 0 spiro atoms. The van der Waals surface area contributed by atoms with Crippen LogP contribution in [0, 0.1) is 6.92 Å². The van der Waals surface area contributed by atoms with E-state index in [1.165, 1.54) is 22.1 Å². The fourth-order valence-corrected chi connectivity index (χ4v) is 3.07. The van der Waals surface area contributed by atoms with Gasteiger partial charge in [0, 0.05) is 18.5 Å². The van der Waals surface area contributed by atoms with Crippen LogP contribution in [0.2, 0.25) is 0 Å². The van der Waals surface area contributed by atoms with Gasteiger partial charge in [-0.05, 0) is 62.1 Å². The molecule has 23 heavy (non-hydrogen) atoms. The van der Waals surface area contributed by atoms with E-state index in [1.54, 1.807) is 0 Å². The van der Waals surface area contributed by atoms with Crippen molar-refractivity contribution < 1.29 is 0 Å². The van der Waals surface area contributed by atoms with Crippen LogP contribution >= 0.6 is 0 Å². The largest absolute Gasteiger partial charge is 0.357 e. The Morgan fingerprint density at radius 3 is 2.30 bits per heavy atom. The van der Waals surface area contributed by atoms with E-state index < -0.39 is 0 Å². The third-order valence-electron chi connectivity index (χ3n) is 4.40. The van der Waals surface area contributed by atoms with E-state index in [0.29, 0.717) is 0 Å². The van der Waals surface area contributed by atoms with E-state index in [-0.39, 0.29) is 0 Å². The van der Waals surface area contributed by atoms with Crippen molar-refractivity contribution >= 4 is 16.7 Å². The van der Waals surface area contributed by atoms with Gasteiger partial charge in [-0.25, -0.2) is 4.98 Å². The van der Waals surface area contributed by atoms with Gasteiger partial charge in [0.1, 0.15) is 5.82 Å². The molecule has 118 valence electrons. The second-order valence-electron chi connectivity index (χ2n) is 5.98. The van der Waals surface area contributed by atoms with Gasteiger partial charge in [-0.1, -0.05) is 36.4 Å². The van der Waals surface area contributed by atoms with Crippen LogP contribution in [0.25, 0.3) is 10.9 Å². The van der Waals surface area contributed by atoms with Crippen molar-refractivity contribution in [1.29, 1.82) is 0 Å². The quantitative estimate of drug-likeness (QED) is 0.661. The number of aryl methyl sites for hydroxylation is 1. The van der Waals surface area contributed by atoms with Crippen LogP contribution in [0.15, 0.2) is 54.6 Å². The first-order valence-corrected chi connectivity index (χ1v) is 8.40. The Balaban J connectivity index is 1.97. The zero-order valence-corrected chi connectivity index (χ0v) is 14.2. The number of pyridine rings is 1. The predicted octanol–water partition coefficient (Wildman–Crippen LogP) is 4.98. The molecule has 2 nitrogen and oxygen atoms in total. The number of hydrogen-bond acceptors (Lipinski definition) is 2. The summed E-state index contributed by atoms with van der Waals surface area (Å²) in [5.74, 6) is 1.08. The van der Waals surface area contributed by atoms with Crippen LogP contribution in [-0.2, 0) is 6.42 Å². The third kappa shape index (κ3) is 3.37. The molecule has 3 rings (SSSR count). The monoisotopic (exact) mass is 304 g/mol. The number of nitrogens with zero attached hydrogens (tertiary/aromatic N) is 2. The molecule has 0 saturated heterocycles. The first kappa shape index (κ1) is 15.5. The molecule has 0 amide bonds. The van der Waals surface area contributed by atoms with Crippen molar-refractivity contribution in [3.63, 3.8) is 0 Å². The number of hydrogen-bond donors (Lipinski definition) is 0. The van der Waals surface area contributed by atoms with Gasteiger partial charge in [-0.3, -0.25) is 0 Å². The molecule has 1 heterocycles. The Morgan fingerprint density at radius 2 is 1.61 bits per heavy atom. The van der Waals surface area contributed by atoms with Gasteiger partial charge in [0.15, 0.2) is 0 Å². The second-order valence-corrected chi connectivity index (χ2v) is 5.98. The Morgan fingerprint density at radius 1 is 0.870 bits per heavy atom. The van der Waals surface area contributed by atoms with Gasteiger partial charge < -0.3 is 4.90 Å². The smallest absolute Gasteiger partial charge is 0.129 e. The Hall–Kier alpha value is -2.35. The van der Waals surface area contributed by atoms with E-state index in [4.69, 9.17) is 4.98 Å². The maximum Gasteiger partial charge on any atom is 0.129 e. The van der Waals surface area contributed by atoms with E-state index in [0.717, 1.165) is 30.8 Å². The summed E-state index contributed by atoms with van der Waals surface area (Å²) < 4.78 is 0. The molecule has 0 saturated carbocycles. The van der Waals surface area contributed by atoms with Gasteiger partial charge in [0.05, 0.1) is 5.52 Å². The first-order chi connectivity index (χ1) is 11.2. The zero-order chi connectivity index (χ0) is 16.2. The fourth-order valence-electron chi connectivity index (χ4n) is 3.07. The minimum Gasteiger partial charge on any atom is -0.357 e. The standard InChI is InChI=1S/C21H24N2/c1-4-23(5-2)21-13-16(3)19-15-18(11-12-20(19)22-21)14-17-9-7-6-8-10-17/h6-13,15H,4-5,14H2,1-3H3. The van der Waals surface area contributed by atoms with Crippen molar-refractivity contribution in [3.05, 3.63) is 71.3 Å². The molecule has 0 atom stereocenters. The van der Waals surface area contributed by atoms with Crippen LogP contribution < -0.4 is 4.90 Å². The average molecular weight is 304 g/mol. The molecular weight excluding hydrogens is 280 g/mol. The van der Waals surface area contributed by atoms with Crippen LogP contribution in [0.4, 0.5) is 5.82 Å². The highest BCUT2D eigenvalue weighted by molar-refractivity contribution is 5.84. The maximum atomic E-state index is 4.85. The zero-order valence-electron chi connectivity index (χ0n) is 14.2. The summed E-state index contributed by atoms with van der Waals surface area (Å²) in [5, 5.41) is 1.26. The predicted molar refractivity (Wildman–Crippen MR) is 99.3 cm³/mol. The van der Waals surface area contributed by atoms with E-state index in [9.17, 15) is 0 Å². The highest BCUT2D eigenvalue weighted by atomic mass is 15.2. The lowest BCUT2D eigenvalue weighted by Gasteiger charge is -2.21. The maximum absolute atomic E-state index is 4.85. The van der Waals surface area contributed by atoms with E-state index in [2.05, 4.69) is 80.3 Å². The number of benzene rings is 2. The highest BCUT2D eigenvalue weighted by Gasteiger charge is 2.08. The van der Waals surface area contributed by atoms with E-state index >= 15 is 0 Å². The average Bonchev–Trinajstić information content (AvgIpc) is 2.57. The fraction of sp³-hybridized carbons (Fsp3) is 0.286. The normalized spacial score (nSPS) is 10.9. The van der Waals surface area contributed by atoms with Gasteiger partial charge in [0.25, 0.3) is 0 Å². The van der Waals surface area contributed by atoms with Gasteiger partial charge >= 0.3 is 0 Å². The molecule has 0 N–H and O–H groups in total. The lowest BCUT2D eigenvalue weighted by Crippen LogP contribution is -2.23. The molecule has 2 heteroatoms. The van der Waals surface area contributed by atoms with Crippen LogP contribution in [0.1, 0.15) is 30.5 Å². The van der Waals surface area contributed by atoms with Crippen LogP contribution in [0.3, 0.4) is 0 Å². The Kier molecular flexibility index (Phi) is 4.61. The van der Waals surface area contributed by atoms with Crippen LogP contribution in [-0.4, -0.2) is 18.1 Å². The van der Waals surface area contributed by atoms with Crippen LogP contribution in [0.5, 0.6) is 0 Å². The number of fused-ring (bicyclic) bond motifs is 1. The molecule has 3 aromatic rings. The van der Waals surface area contributed by atoms with Crippen molar-refractivity contribution in [2.24, 2.45) is 0 Å². The molecular formula is C21H24N2. The minimum atomic E-state index is 0.966. The molecule has 0 aliphatic rings. The number of anilines is 1. The van der Waals surface area contributed by atoms with Gasteiger partial charge in [-0.15, -0.1) is 0 Å². The Labute approximate surface area is 138 Å². The van der Waals surface area contributed by atoms with Crippen molar-refractivity contribution in [1.82, 2.24) is 4.98 Å². The summed E-state index contributed by atoms with van der Waals surface area (Å²) in [4.78, 5) is 7.15. The van der Waals surface area contributed by atoms with Gasteiger partial charge in [-0.2, -0.15) is 0 Å². The molecule has 0 unspecified atom stereocenters. The van der Waals surface area contributed by atoms with Crippen molar-refractivity contribution in [2.75, 3.05) is 18.0 Å². The highest BCUT2D eigenvalue weighted by Crippen LogP contribution is 2.24. The summed E-state index contributed by atoms with van der Waals surface area (Å²) in [6.45, 7) is 8.51. The summed E-state index contributed by atoms with van der Waals surface area (Å²) >= 11 is 0. The molecule has 0 bridgehead atoms. The summed E-state index contributed by atoms with van der Waals surface area (Å²) in [6.07, 6.45) is 0.966. The minimum absolute atomic E-state index is 0.966. The summed E-state index contributed by atoms with van der Waals surface area (Å²) in [6, 6.07) is 19.5. The lowest BCUT2D eigenvalue weighted by molar-refractivity contribution is 0.849. The van der Waals surface area contributed by atoms with Crippen molar-refractivity contribution in [2.45, 2.75) is 27.2 Å². The summed E-state index contributed by atoms with van der Waals surface area (Å²) in [7, 11) is 0. The first-order valence-electron chi connectivity index (χ1n) is 8.40. The Bertz CT molecular complexity index is 790. The SMILES string of the molecule is CCN(CC)c1cc(C)c2cc(Cc3ccccc3)ccc2n1. The molecule has 1 aromatic heterocycles. The molecule has 2 aromatic carbocycles. The molecule has 0 fully saturated rings. The number of aromatic nitrogens is 1. The third-order valence-corrected chi connectivity index (χ3v) is 4.40.